The fraction of sp³-hybridized carbons (Fsp3) is 0.600. The Bertz CT molecular complexity index is 328. The summed E-state index contributed by atoms with van der Waals surface area (Å²) in [5.74, 6) is 0.757. The van der Waals surface area contributed by atoms with E-state index in [1.807, 2.05) is 7.11 Å². The van der Waals surface area contributed by atoms with Gasteiger partial charge in [-0.2, -0.15) is 0 Å². The van der Waals surface area contributed by atoms with Crippen LogP contribution in [0.25, 0.3) is 0 Å². The molecule has 0 N–H and O–H groups in total. The van der Waals surface area contributed by atoms with E-state index in [4.69, 9.17) is 4.74 Å². The molecule has 0 saturated heterocycles. The molecule has 0 unspecified atom stereocenters. The molecule has 1 aliphatic rings. The number of aryl methyl sites for hydroxylation is 2. The van der Waals surface area contributed by atoms with Crippen LogP contribution in [-0.2, 0) is 4.74 Å². The number of hydrogen-bond donors (Lipinski definition) is 0. The van der Waals surface area contributed by atoms with Crippen LogP contribution in [0.4, 0.5) is 0 Å². The Kier molecular flexibility index (Phi) is 3.65. The Hall–Kier alpha value is -0.820. The summed E-state index contributed by atoms with van der Waals surface area (Å²) in [5.41, 5.74) is 4.51. The van der Waals surface area contributed by atoms with Gasteiger partial charge in [0.25, 0.3) is 0 Å². The zero-order valence-corrected chi connectivity index (χ0v) is 10.6. The average molecular weight is 218 g/mol. The van der Waals surface area contributed by atoms with Gasteiger partial charge in [0.1, 0.15) is 0 Å². The lowest BCUT2D eigenvalue weighted by Gasteiger charge is -2.29. The molecule has 1 nitrogen and oxygen atoms in total. The first-order chi connectivity index (χ1) is 7.72. The summed E-state index contributed by atoms with van der Waals surface area (Å²) in [6.45, 7) is 4.48. The number of rotatable bonds is 2. The molecule has 0 bridgehead atoms. The largest absolute Gasteiger partial charge is 0.381 e. The molecule has 1 aromatic carbocycles. The lowest BCUT2D eigenvalue weighted by Crippen LogP contribution is -2.20. The zero-order chi connectivity index (χ0) is 11.5. The van der Waals surface area contributed by atoms with E-state index >= 15 is 0 Å². The summed E-state index contributed by atoms with van der Waals surface area (Å²) in [6, 6.07) is 6.64. The van der Waals surface area contributed by atoms with Gasteiger partial charge in [-0.05, 0) is 62.1 Å². The minimum atomic E-state index is 0.501. The smallest absolute Gasteiger partial charge is 0.0571 e. The normalized spacial score (nSPS) is 25.7. The van der Waals surface area contributed by atoms with E-state index in [0.717, 1.165) is 5.92 Å². The molecule has 88 valence electrons. The van der Waals surface area contributed by atoms with Crippen LogP contribution in [0, 0.1) is 13.8 Å². The highest BCUT2D eigenvalue weighted by molar-refractivity contribution is 5.36. The third-order valence-electron chi connectivity index (χ3n) is 3.96. The predicted molar refractivity (Wildman–Crippen MR) is 67.9 cm³/mol. The molecular formula is C15H22O. The Morgan fingerprint density at radius 3 is 2.06 bits per heavy atom. The van der Waals surface area contributed by atoms with Crippen molar-refractivity contribution in [3.05, 3.63) is 34.9 Å². The van der Waals surface area contributed by atoms with Gasteiger partial charge in [0.2, 0.25) is 0 Å². The number of benzene rings is 1. The van der Waals surface area contributed by atoms with Crippen LogP contribution in [0.5, 0.6) is 0 Å². The first kappa shape index (κ1) is 11.7. The Morgan fingerprint density at radius 2 is 1.56 bits per heavy atom. The molecule has 1 aromatic rings. The van der Waals surface area contributed by atoms with E-state index in [0.29, 0.717) is 6.10 Å². The van der Waals surface area contributed by atoms with Crippen molar-refractivity contribution in [3.8, 4) is 0 Å². The minimum absolute atomic E-state index is 0.501. The summed E-state index contributed by atoms with van der Waals surface area (Å²) in [5, 5.41) is 0. The maximum Gasteiger partial charge on any atom is 0.0571 e. The quantitative estimate of drug-likeness (QED) is 0.729. The van der Waals surface area contributed by atoms with E-state index in [1.165, 1.54) is 36.8 Å². The standard InChI is InChI=1S/C15H22O/c1-11-5-4-6-12(2)15(11)13-7-9-14(16-3)10-8-13/h4-6,13-14H,7-10H2,1-3H3. The van der Waals surface area contributed by atoms with Crippen molar-refractivity contribution in [2.75, 3.05) is 7.11 Å². The molecule has 1 heteroatoms. The molecule has 16 heavy (non-hydrogen) atoms. The minimum Gasteiger partial charge on any atom is -0.381 e. The van der Waals surface area contributed by atoms with Gasteiger partial charge in [-0.15, -0.1) is 0 Å². The van der Waals surface area contributed by atoms with Crippen molar-refractivity contribution in [2.24, 2.45) is 0 Å². The summed E-state index contributed by atoms with van der Waals surface area (Å²) < 4.78 is 5.44. The van der Waals surface area contributed by atoms with Gasteiger partial charge in [-0.3, -0.25) is 0 Å². The Labute approximate surface area is 98.8 Å². The topological polar surface area (TPSA) is 9.23 Å². The lowest BCUT2D eigenvalue weighted by atomic mass is 9.79. The van der Waals surface area contributed by atoms with Crippen molar-refractivity contribution < 1.29 is 4.74 Å². The molecular weight excluding hydrogens is 196 g/mol. The van der Waals surface area contributed by atoms with Crippen LogP contribution in [0.15, 0.2) is 18.2 Å². The number of methoxy groups -OCH3 is 1. The fourth-order valence-corrected chi connectivity index (χ4v) is 3.06. The summed E-state index contributed by atoms with van der Waals surface area (Å²) in [4.78, 5) is 0. The molecule has 2 rings (SSSR count). The van der Waals surface area contributed by atoms with Gasteiger partial charge in [-0.1, -0.05) is 18.2 Å². The van der Waals surface area contributed by atoms with Crippen LogP contribution in [-0.4, -0.2) is 13.2 Å². The molecule has 0 amide bonds. The predicted octanol–water partition coefficient (Wildman–Crippen LogP) is 3.98. The molecule has 0 atom stereocenters. The van der Waals surface area contributed by atoms with Crippen molar-refractivity contribution in [1.82, 2.24) is 0 Å². The van der Waals surface area contributed by atoms with Gasteiger partial charge in [0, 0.05) is 7.11 Å². The highest BCUT2D eigenvalue weighted by atomic mass is 16.5. The molecule has 0 heterocycles. The summed E-state index contributed by atoms with van der Waals surface area (Å²) in [6.07, 6.45) is 5.50. The number of hydrogen-bond acceptors (Lipinski definition) is 1. The first-order valence-corrected chi connectivity index (χ1v) is 6.31. The first-order valence-electron chi connectivity index (χ1n) is 6.31. The fourth-order valence-electron chi connectivity index (χ4n) is 3.06. The molecule has 1 fully saturated rings. The molecule has 0 radical (unpaired) electrons. The maximum atomic E-state index is 5.44. The monoisotopic (exact) mass is 218 g/mol. The van der Waals surface area contributed by atoms with E-state index < -0.39 is 0 Å². The average Bonchev–Trinajstić information content (AvgIpc) is 2.30. The van der Waals surface area contributed by atoms with Gasteiger partial charge in [-0.25, -0.2) is 0 Å². The molecule has 0 aliphatic heterocycles. The van der Waals surface area contributed by atoms with Crippen molar-refractivity contribution in [1.29, 1.82) is 0 Å². The summed E-state index contributed by atoms with van der Waals surface area (Å²) in [7, 11) is 1.84. The van der Waals surface area contributed by atoms with Crippen LogP contribution < -0.4 is 0 Å². The van der Waals surface area contributed by atoms with Crippen LogP contribution in [0.3, 0.4) is 0 Å². The van der Waals surface area contributed by atoms with E-state index in [1.54, 1.807) is 5.56 Å². The van der Waals surface area contributed by atoms with Crippen molar-refractivity contribution in [2.45, 2.75) is 51.6 Å². The molecule has 1 saturated carbocycles. The van der Waals surface area contributed by atoms with E-state index in [2.05, 4.69) is 32.0 Å². The summed E-state index contributed by atoms with van der Waals surface area (Å²) >= 11 is 0. The van der Waals surface area contributed by atoms with Crippen molar-refractivity contribution in [3.63, 3.8) is 0 Å². The van der Waals surface area contributed by atoms with Crippen LogP contribution in [0.2, 0.25) is 0 Å². The van der Waals surface area contributed by atoms with Crippen LogP contribution >= 0.6 is 0 Å². The molecule has 0 spiro atoms. The van der Waals surface area contributed by atoms with E-state index in [-0.39, 0.29) is 0 Å². The second-order valence-corrected chi connectivity index (χ2v) is 5.01. The zero-order valence-electron chi connectivity index (χ0n) is 10.6. The second kappa shape index (κ2) is 5.01. The second-order valence-electron chi connectivity index (χ2n) is 5.01. The number of ether oxygens (including phenoxy) is 1. The lowest BCUT2D eigenvalue weighted by molar-refractivity contribution is 0.0657. The van der Waals surface area contributed by atoms with Crippen LogP contribution in [0.1, 0.15) is 48.3 Å². The molecule has 1 aliphatic carbocycles. The van der Waals surface area contributed by atoms with Gasteiger partial charge in [0.05, 0.1) is 6.10 Å². The highest BCUT2D eigenvalue weighted by Gasteiger charge is 2.23. The maximum absolute atomic E-state index is 5.44. The molecule has 0 aromatic heterocycles. The Morgan fingerprint density at radius 1 is 1.00 bits per heavy atom. The van der Waals surface area contributed by atoms with E-state index in [9.17, 15) is 0 Å². The van der Waals surface area contributed by atoms with Crippen molar-refractivity contribution >= 4 is 0 Å². The highest BCUT2D eigenvalue weighted by Crippen LogP contribution is 2.36. The Balaban J connectivity index is 2.14. The third-order valence-corrected chi connectivity index (χ3v) is 3.96. The third kappa shape index (κ3) is 2.30. The van der Waals surface area contributed by atoms with Gasteiger partial charge < -0.3 is 4.74 Å². The van der Waals surface area contributed by atoms with Gasteiger partial charge >= 0.3 is 0 Å². The SMILES string of the molecule is COC1CCC(c2c(C)cccc2C)CC1. The van der Waals surface area contributed by atoms with Gasteiger partial charge in [0.15, 0.2) is 0 Å².